The van der Waals surface area contributed by atoms with Crippen molar-refractivity contribution in [2.75, 3.05) is 6.54 Å². The lowest BCUT2D eigenvalue weighted by Gasteiger charge is -2.17. The number of nitrogens with one attached hydrogen (secondary N) is 1. The highest BCUT2D eigenvalue weighted by molar-refractivity contribution is 7.09. The molecule has 7 heteroatoms. The van der Waals surface area contributed by atoms with E-state index in [1.54, 1.807) is 12.1 Å². The number of thiazole rings is 1. The van der Waals surface area contributed by atoms with Crippen molar-refractivity contribution in [2.45, 2.75) is 26.3 Å². The molecule has 0 saturated heterocycles. The molecule has 114 valence electrons. The zero-order chi connectivity index (χ0) is 15.5. The number of aryl methyl sites for hydroxylation is 1. The largest absolute Gasteiger partial charge is 0.573 e. The molecule has 3 nitrogen and oxygen atoms in total. The topological polar surface area (TPSA) is 34.1 Å². The molecule has 21 heavy (non-hydrogen) atoms. The Bertz CT molecular complexity index is 598. The summed E-state index contributed by atoms with van der Waals surface area (Å²) >= 11 is 1.51. The van der Waals surface area contributed by atoms with E-state index in [1.165, 1.54) is 23.5 Å². The third kappa shape index (κ3) is 4.44. The van der Waals surface area contributed by atoms with Gasteiger partial charge in [0.05, 0.1) is 16.7 Å². The van der Waals surface area contributed by atoms with Gasteiger partial charge >= 0.3 is 6.36 Å². The smallest absolute Gasteiger partial charge is 0.406 e. The van der Waals surface area contributed by atoms with Crippen molar-refractivity contribution in [1.29, 1.82) is 0 Å². The second-order valence-corrected chi connectivity index (χ2v) is 5.46. The molecule has 0 radical (unpaired) electrons. The normalized spacial score (nSPS) is 13.2. The zero-order valence-corrected chi connectivity index (χ0v) is 12.4. The second-order valence-electron chi connectivity index (χ2n) is 4.40. The summed E-state index contributed by atoms with van der Waals surface area (Å²) in [7, 11) is 0. The third-order valence-corrected chi connectivity index (χ3v) is 3.56. The third-order valence-electron chi connectivity index (χ3n) is 2.77. The fourth-order valence-corrected chi connectivity index (χ4v) is 2.64. The van der Waals surface area contributed by atoms with Gasteiger partial charge in [0, 0.05) is 5.38 Å². The summed E-state index contributed by atoms with van der Waals surface area (Å²) in [6.07, 6.45) is -4.69. The molecular formula is C14H15F3N2OS. The summed E-state index contributed by atoms with van der Waals surface area (Å²) in [4.78, 5) is 4.40. The lowest BCUT2D eigenvalue weighted by atomic mass is 10.0. The Morgan fingerprint density at radius 2 is 2.14 bits per heavy atom. The molecule has 0 fully saturated rings. The van der Waals surface area contributed by atoms with E-state index in [0.29, 0.717) is 12.1 Å². The minimum Gasteiger partial charge on any atom is -0.406 e. The van der Waals surface area contributed by atoms with E-state index in [9.17, 15) is 13.2 Å². The number of halogens is 3. The highest BCUT2D eigenvalue weighted by atomic mass is 32.1. The van der Waals surface area contributed by atoms with Gasteiger partial charge in [0.2, 0.25) is 0 Å². The minimum atomic E-state index is -4.69. The Morgan fingerprint density at radius 1 is 1.38 bits per heavy atom. The first-order valence-electron chi connectivity index (χ1n) is 6.40. The summed E-state index contributed by atoms with van der Waals surface area (Å²) < 4.78 is 40.9. The van der Waals surface area contributed by atoms with Gasteiger partial charge in [0.25, 0.3) is 0 Å². The zero-order valence-electron chi connectivity index (χ0n) is 11.6. The fourth-order valence-electron chi connectivity index (χ4n) is 2.00. The predicted octanol–water partition coefficient (Wildman–Crippen LogP) is 4.05. The van der Waals surface area contributed by atoms with Crippen LogP contribution in [0.3, 0.4) is 0 Å². The van der Waals surface area contributed by atoms with Crippen LogP contribution in [0.5, 0.6) is 5.75 Å². The molecule has 2 rings (SSSR count). The molecule has 0 bridgehead atoms. The van der Waals surface area contributed by atoms with Crippen LogP contribution < -0.4 is 10.1 Å². The van der Waals surface area contributed by atoms with E-state index >= 15 is 0 Å². The van der Waals surface area contributed by atoms with E-state index in [2.05, 4.69) is 15.0 Å². The predicted molar refractivity (Wildman–Crippen MR) is 75.5 cm³/mol. The lowest BCUT2D eigenvalue weighted by molar-refractivity contribution is -0.274. The minimum absolute atomic E-state index is 0.227. The van der Waals surface area contributed by atoms with Crippen molar-refractivity contribution in [1.82, 2.24) is 10.3 Å². The monoisotopic (exact) mass is 316 g/mol. The number of rotatable bonds is 5. The quantitative estimate of drug-likeness (QED) is 0.903. The number of alkyl halides is 3. The molecule has 0 aliphatic heterocycles. The summed E-state index contributed by atoms with van der Waals surface area (Å²) in [5.41, 5.74) is 1.48. The Morgan fingerprint density at radius 3 is 2.71 bits per heavy atom. The number of benzene rings is 1. The molecule has 0 saturated carbocycles. The Hall–Kier alpha value is -1.60. The number of nitrogens with zero attached hydrogens (tertiary/aromatic N) is 1. The second kappa shape index (κ2) is 6.44. The molecule has 1 unspecified atom stereocenters. The Kier molecular flexibility index (Phi) is 4.84. The first-order chi connectivity index (χ1) is 9.89. The van der Waals surface area contributed by atoms with Crippen LogP contribution in [0, 0.1) is 6.92 Å². The maximum Gasteiger partial charge on any atom is 0.573 e. The molecule has 0 aliphatic rings. The average Bonchev–Trinajstić information content (AvgIpc) is 2.80. The van der Waals surface area contributed by atoms with E-state index < -0.39 is 6.36 Å². The molecular weight excluding hydrogens is 301 g/mol. The van der Waals surface area contributed by atoms with Crippen LogP contribution in [0.2, 0.25) is 0 Å². The maximum absolute atomic E-state index is 12.3. The van der Waals surface area contributed by atoms with Gasteiger partial charge in [-0.2, -0.15) is 0 Å². The van der Waals surface area contributed by atoms with Gasteiger partial charge in [-0.1, -0.05) is 19.1 Å². The number of hydrogen-bond donors (Lipinski definition) is 1. The molecule has 1 aromatic carbocycles. The summed E-state index contributed by atoms with van der Waals surface area (Å²) in [6, 6.07) is 5.71. The van der Waals surface area contributed by atoms with Crippen molar-refractivity contribution in [3.05, 3.63) is 45.9 Å². The molecule has 1 aromatic heterocycles. The first-order valence-corrected chi connectivity index (χ1v) is 7.28. The van der Waals surface area contributed by atoms with Crippen LogP contribution in [0.15, 0.2) is 29.6 Å². The van der Waals surface area contributed by atoms with Crippen LogP contribution >= 0.6 is 11.3 Å². The lowest BCUT2D eigenvalue weighted by Crippen LogP contribution is -2.23. The van der Waals surface area contributed by atoms with Crippen molar-refractivity contribution in [3.8, 4) is 5.75 Å². The van der Waals surface area contributed by atoms with Crippen molar-refractivity contribution in [2.24, 2.45) is 0 Å². The molecule has 0 spiro atoms. The standard InChI is InChI=1S/C14H15F3N2OS/c1-3-18-13(12-8-21-9(2)19-12)10-5-4-6-11(7-10)20-14(15,16)17/h4-8,13,18H,3H2,1-2H3. The highest BCUT2D eigenvalue weighted by Crippen LogP contribution is 2.28. The Balaban J connectivity index is 2.30. The van der Waals surface area contributed by atoms with Gasteiger partial charge in [-0.15, -0.1) is 24.5 Å². The summed E-state index contributed by atoms with van der Waals surface area (Å²) in [6.45, 7) is 4.49. The van der Waals surface area contributed by atoms with Gasteiger partial charge in [-0.3, -0.25) is 0 Å². The maximum atomic E-state index is 12.3. The van der Waals surface area contributed by atoms with E-state index in [-0.39, 0.29) is 11.8 Å². The molecule has 2 aromatic rings. The van der Waals surface area contributed by atoms with Gasteiger partial charge in [-0.05, 0) is 31.2 Å². The fraction of sp³-hybridized carbons (Fsp3) is 0.357. The van der Waals surface area contributed by atoms with E-state index in [1.807, 2.05) is 19.2 Å². The van der Waals surface area contributed by atoms with Crippen molar-refractivity contribution in [3.63, 3.8) is 0 Å². The molecule has 0 amide bonds. The van der Waals surface area contributed by atoms with Crippen molar-refractivity contribution < 1.29 is 17.9 Å². The SMILES string of the molecule is CCNC(c1cccc(OC(F)(F)F)c1)c1csc(C)n1. The average molecular weight is 316 g/mol. The van der Waals surface area contributed by atoms with Crippen LogP contribution in [0.4, 0.5) is 13.2 Å². The molecule has 0 aliphatic carbocycles. The van der Waals surface area contributed by atoms with Gasteiger partial charge in [0.1, 0.15) is 5.75 Å². The van der Waals surface area contributed by atoms with Gasteiger partial charge < -0.3 is 10.1 Å². The Labute approximate surface area is 124 Å². The molecule has 1 atom stereocenters. The number of ether oxygens (including phenoxy) is 1. The molecule has 1 heterocycles. The van der Waals surface area contributed by atoms with Gasteiger partial charge in [0.15, 0.2) is 0 Å². The van der Waals surface area contributed by atoms with Crippen molar-refractivity contribution >= 4 is 11.3 Å². The number of aromatic nitrogens is 1. The van der Waals surface area contributed by atoms with Crippen LogP contribution in [0.25, 0.3) is 0 Å². The summed E-state index contributed by atoms with van der Waals surface area (Å²) in [5.74, 6) is -0.227. The first kappa shape index (κ1) is 15.8. The molecule has 1 N–H and O–H groups in total. The summed E-state index contributed by atoms with van der Waals surface area (Å²) in [5, 5.41) is 6.04. The highest BCUT2D eigenvalue weighted by Gasteiger charge is 2.31. The van der Waals surface area contributed by atoms with E-state index in [4.69, 9.17) is 0 Å². The van der Waals surface area contributed by atoms with Gasteiger partial charge in [-0.25, -0.2) is 4.98 Å². The van der Waals surface area contributed by atoms with Crippen LogP contribution in [-0.2, 0) is 0 Å². The van der Waals surface area contributed by atoms with Crippen LogP contribution in [0.1, 0.15) is 29.2 Å². The van der Waals surface area contributed by atoms with E-state index in [0.717, 1.165) is 10.7 Å². The number of hydrogen-bond acceptors (Lipinski definition) is 4. The van der Waals surface area contributed by atoms with Crippen LogP contribution in [-0.4, -0.2) is 17.9 Å².